The summed E-state index contributed by atoms with van der Waals surface area (Å²) in [6.07, 6.45) is 1.25. The van der Waals surface area contributed by atoms with Gasteiger partial charge in [0.25, 0.3) is 5.91 Å². The molecule has 2 amide bonds. The number of imidazole rings is 1. The molecule has 1 aliphatic rings. The van der Waals surface area contributed by atoms with Gasteiger partial charge in [0, 0.05) is 25.2 Å². The molecule has 2 aromatic rings. The maximum atomic E-state index is 13.3. The first-order valence-electron chi connectivity index (χ1n) is 10.1. The zero-order valence-corrected chi connectivity index (χ0v) is 19.4. The molecule has 1 fully saturated rings. The van der Waals surface area contributed by atoms with Crippen LogP contribution >= 0.6 is 11.6 Å². The third-order valence-electron chi connectivity index (χ3n) is 5.06. The predicted molar refractivity (Wildman–Crippen MR) is 115 cm³/mol. The zero-order chi connectivity index (χ0) is 22.4. The Morgan fingerprint density at radius 3 is 2.47 bits per heavy atom. The fourth-order valence-electron chi connectivity index (χ4n) is 3.65. The lowest BCUT2D eigenvalue weighted by Crippen LogP contribution is -2.62. The van der Waals surface area contributed by atoms with E-state index in [0.29, 0.717) is 36.1 Å². The lowest BCUT2D eigenvalue weighted by atomic mass is 9.98. The van der Waals surface area contributed by atoms with Gasteiger partial charge in [0.2, 0.25) is 0 Å². The summed E-state index contributed by atoms with van der Waals surface area (Å²) in [5.74, 6) is -0.00710. The first-order valence-corrected chi connectivity index (χ1v) is 10.5. The van der Waals surface area contributed by atoms with Gasteiger partial charge in [-0.05, 0) is 46.6 Å². The van der Waals surface area contributed by atoms with Gasteiger partial charge in [-0.3, -0.25) is 4.79 Å². The average molecular weight is 436 g/mol. The summed E-state index contributed by atoms with van der Waals surface area (Å²) in [5, 5.41) is 4.61. The molecule has 0 atom stereocenters. The van der Waals surface area contributed by atoms with Gasteiger partial charge in [-0.25, -0.2) is 14.3 Å². The van der Waals surface area contributed by atoms with Crippen LogP contribution in [0.2, 0.25) is 5.15 Å². The first kappa shape index (κ1) is 22.3. The summed E-state index contributed by atoms with van der Waals surface area (Å²) in [5.41, 5.74) is 0.734. The van der Waals surface area contributed by atoms with Gasteiger partial charge in [-0.2, -0.15) is 5.10 Å². The molecule has 9 heteroatoms. The Hall–Kier alpha value is -2.35. The van der Waals surface area contributed by atoms with E-state index in [1.54, 1.807) is 26.6 Å². The van der Waals surface area contributed by atoms with E-state index in [1.807, 2.05) is 48.5 Å². The first-order chi connectivity index (χ1) is 13.8. The number of piperazine rings is 1. The van der Waals surface area contributed by atoms with Crippen molar-refractivity contribution in [2.45, 2.75) is 65.5 Å². The van der Waals surface area contributed by atoms with E-state index in [4.69, 9.17) is 16.3 Å². The molecule has 0 saturated carbocycles. The number of nitrogens with zero attached hydrogens (tertiary/aromatic N) is 5. The van der Waals surface area contributed by atoms with Crippen LogP contribution in [0.4, 0.5) is 4.79 Å². The Kier molecular flexibility index (Phi) is 5.75. The van der Waals surface area contributed by atoms with E-state index in [2.05, 4.69) is 10.1 Å². The van der Waals surface area contributed by atoms with Crippen molar-refractivity contribution in [3.63, 3.8) is 0 Å². The molecule has 1 saturated heterocycles. The second-order valence-corrected chi connectivity index (χ2v) is 10.0. The highest BCUT2D eigenvalue weighted by atomic mass is 35.5. The fourth-order valence-corrected chi connectivity index (χ4v) is 3.85. The van der Waals surface area contributed by atoms with Crippen LogP contribution in [-0.4, -0.2) is 67.2 Å². The lowest BCUT2D eigenvalue weighted by Gasteiger charge is -2.46. The van der Waals surface area contributed by atoms with Gasteiger partial charge in [-0.1, -0.05) is 25.4 Å². The number of amides is 2. The highest BCUT2D eigenvalue weighted by Crippen LogP contribution is 2.26. The Morgan fingerprint density at radius 2 is 1.90 bits per heavy atom. The molecule has 1 aliphatic heterocycles. The smallest absolute Gasteiger partial charge is 0.410 e. The monoisotopic (exact) mass is 435 g/mol. The molecule has 3 heterocycles. The summed E-state index contributed by atoms with van der Waals surface area (Å²) in [6.45, 7) is 14.6. The van der Waals surface area contributed by atoms with Crippen molar-refractivity contribution >= 4 is 29.2 Å². The molecule has 0 aromatic carbocycles. The van der Waals surface area contributed by atoms with E-state index in [1.165, 1.54) is 0 Å². The molecule has 0 aliphatic carbocycles. The predicted octanol–water partition coefficient (Wildman–Crippen LogP) is 3.98. The van der Waals surface area contributed by atoms with E-state index in [0.717, 1.165) is 5.56 Å². The topological polar surface area (TPSA) is 80.0 Å². The minimum Gasteiger partial charge on any atom is -0.444 e. The van der Waals surface area contributed by atoms with Crippen molar-refractivity contribution in [1.82, 2.24) is 24.4 Å². The lowest BCUT2D eigenvalue weighted by molar-refractivity contribution is -0.0110. The number of carbonyl (C=O) groups is 2. The van der Waals surface area contributed by atoms with Crippen LogP contribution in [0.3, 0.4) is 0 Å². The molecular formula is C21H30ClN5O3. The van der Waals surface area contributed by atoms with Crippen LogP contribution in [0.25, 0.3) is 5.65 Å². The minimum absolute atomic E-state index is 0.187. The van der Waals surface area contributed by atoms with Gasteiger partial charge in [0.15, 0.2) is 5.65 Å². The highest BCUT2D eigenvalue weighted by Gasteiger charge is 2.40. The van der Waals surface area contributed by atoms with Crippen LogP contribution in [-0.2, 0) is 4.74 Å². The average Bonchev–Trinajstić information content (AvgIpc) is 3.01. The molecule has 0 spiro atoms. The number of ether oxygens (including phenoxy) is 1. The van der Waals surface area contributed by atoms with Gasteiger partial charge in [-0.15, -0.1) is 0 Å². The summed E-state index contributed by atoms with van der Waals surface area (Å²) < 4.78 is 7.05. The molecule has 3 rings (SSSR count). The molecule has 30 heavy (non-hydrogen) atoms. The summed E-state index contributed by atoms with van der Waals surface area (Å²) >= 11 is 6.14. The largest absolute Gasteiger partial charge is 0.444 e. The molecule has 0 radical (unpaired) electrons. The molecule has 164 valence electrons. The van der Waals surface area contributed by atoms with Crippen molar-refractivity contribution in [1.29, 1.82) is 0 Å². The van der Waals surface area contributed by atoms with E-state index >= 15 is 0 Å². The number of hydrogen-bond acceptors (Lipinski definition) is 5. The Labute approximate surface area is 182 Å². The molecule has 2 aromatic heterocycles. The Balaban J connectivity index is 1.84. The van der Waals surface area contributed by atoms with Crippen LogP contribution in [0.15, 0.2) is 12.3 Å². The number of hydrogen-bond donors (Lipinski definition) is 0. The maximum absolute atomic E-state index is 13.3. The minimum atomic E-state index is -0.575. The molecule has 0 bridgehead atoms. The molecular weight excluding hydrogens is 406 g/mol. The van der Waals surface area contributed by atoms with Crippen LogP contribution in [0.1, 0.15) is 70.4 Å². The van der Waals surface area contributed by atoms with E-state index in [-0.39, 0.29) is 17.9 Å². The number of aromatic nitrogens is 3. The van der Waals surface area contributed by atoms with Crippen molar-refractivity contribution in [2.24, 2.45) is 0 Å². The van der Waals surface area contributed by atoms with E-state index in [9.17, 15) is 9.59 Å². The zero-order valence-electron chi connectivity index (χ0n) is 18.7. The number of fused-ring (bicyclic) bond motifs is 1. The summed E-state index contributed by atoms with van der Waals surface area (Å²) in [7, 11) is 0. The van der Waals surface area contributed by atoms with Gasteiger partial charge in [0.05, 0.1) is 11.7 Å². The van der Waals surface area contributed by atoms with Crippen LogP contribution in [0, 0.1) is 0 Å². The van der Waals surface area contributed by atoms with Gasteiger partial charge in [0.1, 0.15) is 16.4 Å². The third-order valence-corrected chi connectivity index (χ3v) is 5.25. The second-order valence-electron chi connectivity index (χ2n) is 9.64. The number of halogens is 1. The Bertz CT molecular complexity index is 977. The normalized spacial score (nSPS) is 17.0. The summed E-state index contributed by atoms with van der Waals surface area (Å²) in [4.78, 5) is 33.7. The Morgan fingerprint density at radius 1 is 1.23 bits per heavy atom. The number of rotatable bonds is 2. The molecule has 8 nitrogen and oxygen atoms in total. The SMILES string of the molecule is CC(C)c1cc(Cl)nn2cc(C(=O)N3CCN(C(=O)OC(C)(C)C)CC3(C)C)nc12. The van der Waals surface area contributed by atoms with Crippen LogP contribution < -0.4 is 0 Å². The fraction of sp³-hybridized carbons (Fsp3) is 0.619. The van der Waals surface area contributed by atoms with E-state index < -0.39 is 11.1 Å². The van der Waals surface area contributed by atoms with Crippen molar-refractivity contribution in [3.8, 4) is 0 Å². The maximum Gasteiger partial charge on any atom is 0.410 e. The van der Waals surface area contributed by atoms with Crippen LogP contribution in [0.5, 0.6) is 0 Å². The third kappa shape index (κ3) is 4.53. The second kappa shape index (κ2) is 7.72. The highest BCUT2D eigenvalue weighted by molar-refractivity contribution is 6.29. The number of carbonyl (C=O) groups excluding carboxylic acids is 2. The summed E-state index contributed by atoms with van der Waals surface area (Å²) in [6, 6.07) is 1.78. The quantitative estimate of drug-likeness (QED) is 0.712. The molecule has 0 N–H and O–H groups in total. The van der Waals surface area contributed by atoms with Gasteiger partial charge >= 0.3 is 6.09 Å². The van der Waals surface area contributed by atoms with Crippen molar-refractivity contribution in [2.75, 3.05) is 19.6 Å². The van der Waals surface area contributed by atoms with Crippen molar-refractivity contribution < 1.29 is 14.3 Å². The molecule has 0 unspecified atom stereocenters. The van der Waals surface area contributed by atoms with Gasteiger partial charge < -0.3 is 14.5 Å². The van der Waals surface area contributed by atoms with Crippen molar-refractivity contribution in [3.05, 3.63) is 28.7 Å². The standard InChI is InChI=1S/C21H30ClN5O3/c1-13(2)14-10-16(22)24-27-11-15(23-17(14)27)18(28)26-9-8-25(12-21(26,6)7)19(29)30-20(3,4)5/h10-11,13H,8-9,12H2,1-7H3.